The molecule has 2 aromatic rings. The molecule has 6 nitrogen and oxygen atoms in total. The third kappa shape index (κ3) is 5.42. The summed E-state index contributed by atoms with van der Waals surface area (Å²) in [5, 5.41) is 0.245. The summed E-state index contributed by atoms with van der Waals surface area (Å²) in [7, 11) is 0. The lowest BCUT2D eigenvalue weighted by Crippen LogP contribution is -2.54. The van der Waals surface area contributed by atoms with Gasteiger partial charge in [0.05, 0.1) is 5.69 Å². The van der Waals surface area contributed by atoms with Gasteiger partial charge in [0.1, 0.15) is 5.60 Å². The minimum atomic E-state index is -0.470. The predicted octanol–water partition coefficient (Wildman–Crippen LogP) is 4.24. The van der Waals surface area contributed by atoms with E-state index < -0.39 is 5.60 Å². The second kappa shape index (κ2) is 8.45. The van der Waals surface area contributed by atoms with E-state index in [9.17, 15) is 4.79 Å². The molecule has 1 aromatic carbocycles. The molecule has 0 radical (unpaired) electrons. The number of amides is 1. The molecule has 2 heterocycles. The summed E-state index contributed by atoms with van der Waals surface area (Å²) >= 11 is 5.92. The van der Waals surface area contributed by atoms with E-state index in [1.54, 1.807) is 11.1 Å². The fourth-order valence-electron chi connectivity index (χ4n) is 3.28. The fraction of sp³-hybridized carbons (Fsp3) is 0.476. The van der Waals surface area contributed by atoms with Gasteiger partial charge in [-0.1, -0.05) is 18.2 Å². The highest BCUT2D eigenvalue weighted by atomic mass is 35.5. The molecule has 1 fully saturated rings. The zero-order valence-corrected chi connectivity index (χ0v) is 17.6. The molecule has 150 valence electrons. The number of rotatable bonds is 3. The van der Waals surface area contributed by atoms with Crippen LogP contribution < -0.4 is 0 Å². The molecule has 28 heavy (non-hydrogen) atoms. The van der Waals surface area contributed by atoms with Crippen LogP contribution in [-0.2, 0) is 11.3 Å². The number of carbonyl (C=O) groups excluding carboxylic acids is 1. The molecule has 1 aromatic heterocycles. The maximum absolute atomic E-state index is 12.3. The zero-order valence-electron chi connectivity index (χ0n) is 16.9. The Morgan fingerprint density at radius 1 is 1.29 bits per heavy atom. The second-order valence-corrected chi connectivity index (χ2v) is 8.50. The van der Waals surface area contributed by atoms with Gasteiger partial charge in [-0.25, -0.2) is 14.8 Å². The van der Waals surface area contributed by atoms with E-state index in [4.69, 9.17) is 16.3 Å². The van der Waals surface area contributed by atoms with E-state index >= 15 is 0 Å². The van der Waals surface area contributed by atoms with Crippen molar-refractivity contribution in [3.05, 3.63) is 47.4 Å². The Morgan fingerprint density at radius 3 is 2.75 bits per heavy atom. The van der Waals surface area contributed by atoms with E-state index in [-0.39, 0.29) is 17.4 Å². The Morgan fingerprint density at radius 2 is 2.07 bits per heavy atom. The van der Waals surface area contributed by atoms with Crippen LogP contribution in [0.4, 0.5) is 4.79 Å². The third-order valence-corrected chi connectivity index (χ3v) is 4.83. The average Bonchev–Trinajstić information content (AvgIpc) is 2.62. The molecule has 1 aliphatic rings. The van der Waals surface area contributed by atoms with Gasteiger partial charge >= 0.3 is 6.09 Å². The van der Waals surface area contributed by atoms with Crippen molar-refractivity contribution in [2.24, 2.45) is 0 Å². The summed E-state index contributed by atoms with van der Waals surface area (Å²) in [5.41, 5.74) is 2.55. The fourth-order valence-corrected chi connectivity index (χ4v) is 3.43. The first-order chi connectivity index (χ1) is 13.2. The van der Waals surface area contributed by atoms with Crippen LogP contribution in [0.25, 0.3) is 11.3 Å². The van der Waals surface area contributed by atoms with Gasteiger partial charge in [-0.2, -0.15) is 0 Å². The van der Waals surface area contributed by atoms with Crippen molar-refractivity contribution in [3.8, 4) is 11.3 Å². The number of piperazine rings is 1. The third-order valence-electron chi connectivity index (χ3n) is 4.65. The standard InChI is InChI=1S/C21H27ClN4O2/c1-15-13-26(20(27)28-21(2,3)4)11-10-25(15)14-16-6-5-7-17(12-16)18-8-9-23-19(22)24-18/h5-9,12,15H,10-11,13-14H2,1-4H3. The maximum Gasteiger partial charge on any atom is 0.410 e. The molecule has 1 unspecified atom stereocenters. The molecule has 7 heteroatoms. The number of carbonyl (C=O) groups is 1. The van der Waals surface area contributed by atoms with Crippen LogP contribution in [0.1, 0.15) is 33.3 Å². The molecule has 1 saturated heterocycles. The van der Waals surface area contributed by atoms with Crippen molar-refractivity contribution in [3.63, 3.8) is 0 Å². The summed E-state index contributed by atoms with van der Waals surface area (Å²) in [6, 6.07) is 10.4. The number of halogens is 1. The van der Waals surface area contributed by atoms with Gasteiger partial charge in [0, 0.05) is 44.0 Å². The predicted molar refractivity (Wildman–Crippen MR) is 110 cm³/mol. The summed E-state index contributed by atoms with van der Waals surface area (Å²) in [6.07, 6.45) is 1.43. The quantitative estimate of drug-likeness (QED) is 0.718. The monoisotopic (exact) mass is 402 g/mol. The smallest absolute Gasteiger partial charge is 0.410 e. The van der Waals surface area contributed by atoms with E-state index in [0.717, 1.165) is 24.3 Å². The van der Waals surface area contributed by atoms with Crippen LogP contribution in [-0.4, -0.2) is 57.1 Å². The van der Waals surface area contributed by atoms with Gasteiger partial charge < -0.3 is 9.64 Å². The number of ether oxygens (including phenoxy) is 1. The summed E-state index contributed by atoms with van der Waals surface area (Å²) in [5.74, 6) is 0. The Kier molecular flexibility index (Phi) is 6.20. The first-order valence-corrected chi connectivity index (χ1v) is 9.89. The van der Waals surface area contributed by atoms with E-state index in [1.165, 1.54) is 5.56 Å². The number of nitrogens with zero attached hydrogens (tertiary/aromatic N) is 4. The highest BCUT2D eigenvalue weighted by molar-refractivity contribution is 6.28. The Balaban J connectivity index is 1.64. The van der Waals surface area contributed by atoms with Crippen molar-refractivity contribution in [2.75, 3.05) is 19.6 Å². The highest BCUT2D eigenvalue weighted by Gasteiger charge is 2.29. The summed E-state index contributed by atoms with van der Waals surface area (Å²) in [6.45, 7) is 10.8. The number of hydrogen-bond donors (Lipinski definition) is 0. The lowest BCUT2D eigenvalue weighted by Gasteiger charge is -2.40. The Bertz CT molecular complexity index is 837. The van der Waals surface area contributed by atoms with Crippen LogP contribution in [0, 0.1) is 0 Å². The molecular formula is C21H27ClN4O2. The maximum atomic E-state index is 12.3. The molecule has 0 N–H and O–H groups in total. The molecule has 0 spiro atoms. The van der Waals surface area contributed by atoms with Gasteiger partial charge in [-0.05, 0) is 57.0 Å². The molecule has 0 saturated carbocycles. The van der Waals surface area contributed by atoms with Crippen LogP contribution in [0.2, 0.25) is 5.28 Å². The molecule has 1 atom stereocenters. The van der Waals surface area contributed by atoms with Gasteiger partial charge in [-0.3, -0.25) is 4.90 Å². The second-order valence-electron chi connectivity index (χ2n) is 8.16. The van der Waals surface area contributed by atoms with Crippen LogP contribution in [0.3, 0.4) is 0 Å². The van der Waals surface area contributed by atoms with Crippen LogP contribution in [0.5, 0.6) is 0 Å². The van der Waals surface area contributed by atoms with Gasteiger partial charge in [-0.15, -0.1) is 0 Å². The van der Waals surface area contributed by atoms with Crippen molar-refractivity contribution < 1.29 is 9.53 Å². The number of aromatic nitrogens is 2. The molecular weight excluding hydrogens is 376 g/mol. The van der Waals surface area contributed by atoms with Crippen molar-refractivity contribution in [1.29, 1.82) is 0 Å². The molecule has 3 rings (SSSR count). The Hall–Kier alpha value is -2.18. The summed E-state index contributed by atoms with van der Waals surface area (Å²) < 4.78 is 5.50. The summed E-state index contributed by atoms with van der Waals surface area (Å²) in [4.78, 5) is 24.7. The lowest BCUT2D eigenvalue weighted by atomic mass is 10.1. The number of benzene rings is 1. The minimum Gasteiger partial charge on any atom is -0.444 e. The molecule has 1 amide bonds. The SMILES string of the molecule is CC1CN(C(=O)OC(C)(C)C)CCN1Cc1cccc(-c2ccnc(Cl)n2)c1. The van der Waals surface area contributed by atoms with Crippen molar-refractivity contribution in [2.45, 2.75) is 45.9 Å². The highest BCUT2D eigenvalue weighted by Crippen LogP contribution is 2.22. The lowest BCUT2D eigenvalue weighted by molar-refractivity contribution is 0.00461. The van der Waals surface area contributed by atoms with Crippen LogP contribution >= 0.6 is 11.6 Å². The van der Waals surface area contributed by atoms with Gasteiger partial charge in [0.25, 0.3) is 0 Å². The molecule has 0 bridgehead atoms. The van der Waals surface area contributed by atoms with Crippen molar-refractivity contribution >= 4 is 17.7 Å². The van der Waals surface area contributed by atoms with E-state index in [1.807, 2.05) is 39.0 Å². The van der Waals surface area contributed by atoms with Gasteiger partial charge in [0.2, 0.25) is 5.28 Å². The molecule has 1 aliphatic heterocycles. The first-order valence-electron chi connectivity index (χ1n) is 9.51. The topological polar surface area (TPSA) is 58.6 Å². The van der Waals surface area contributed by atoms with Gasteiger partial charge in [0.15, 0.2) is 0 Å². The van der Waals surface area contributed by atoms with Crippen LogP contribution in [0.15, 0.2) is 36.5 Å². The van der Waals surface area contributed by atoms with E-state index in [0.29, 0.717) is 13.1 Å². The molecule has 0 aliphatic carbocycles. The Labute approximate surface area is 171 Å². The number of hydrogen-bond acceptors (Lipinski definition) is 5. The normalized spacial score (nSPS) is 18.2. The average molecular weight is 403 g/mol. The largest absolute Gasteiger partial charge is 0.444 e. The van der Waals surface area contributed by atoms with E-state index in [2.05, 4.69) is 33.9 Å². The first kappa shape index (κ1) is 20.6. The van der Waals surface area contributed by atoms with Crippen molar-refractivity contribution in [1.82, 2.24) is 19.8 Å². The minimum absolute atomic E-state index is 0.235. The zero-order chi connectivity index (χ0) is 20.3.